The number of sulfone groups is 1. The van der Waals surface area contributed by atoms with Gasteiger partial charge in [-0.25, -0.2) is 13.4 Å². The Kier molecular flexibility index (Phi) is 3.85. The van der Waals surface area contributed by atoms with Crippen LogP contribution in [0.1, 0.15) is 5.56 Å². The van der Waals surface area contributed by atoms with Crippen LogP contribution in [0.5, 0.6) is 0 Å². The van der Waals surface area contributed by atoms with Gasteiger partial charge in [0.05, 0.1) is 10.6 Å². The number of hydrogen-bond acceptors (Lipinski definition) is 4. The summed E-state index contributed by atoms with van der Waals surface area (Å²) < 4.78 is 23.0. The molecule has 3 rings (SSSR count). The summed E-state index contributed by atoms with van der Waals surface area (Å²) in [6.07, 6.45) is 1.21. The molecular weight excluding hydrogens is 314 g/mol. The van der Waals surface area contributed by atoms with E-state index in [9.17, 15) is 8.42 Å². The molecule has 0 spiro atoms. The summed E-state index contributed by atoms with van der Waals surface area (Å²) in [6, 6.07) is 15.1. The van der Waals surface area contributed by atoms with Gasteiger partial charge in [0.25, 0.3) is 0 Å². The van der Waals surface area contributed by atoms with E-state index in [0.717, 1.165) is 21.8 Å². The Labute approximate surface area is 134 Å². The van der Waals surface area contributed by atoms with Crippen LogP contribution in [0.3, 0.4) is 0 Å². The Balaban J connectivity index is 1.94. The van der Waals surface area contributed by atoms with Crippen molar-refractivity contribution in [3.8, 4) is 21.8 Å². The van der Waals surface area contributed by atoms with Crippen LogP contribution < -0.4 is 0 Å². The number of aryl methyl sites for hydroxylation is 1. The van der Waals surface area contributed by atoms with Gasteiger partial charge in [0, 0.05) is 22.8 Å². The van der Waals surface area contributed by atoms with Crippen molar-refractivity contribution in [2.24, 2.45) is 0 Å². The summed E-state index contributed by atoms with van der Waals surface area (Å²) in [4.78, 5) is 4.98. The molecule has 2 aromatic carbocycles. The average molecular weight is 329 g/mol. The monoisotopic (exact) mass is 329 g/mol. The highest BCUT2D eigenvalue weighted by Gasteiger charge is 2.09. The van der Waals surface area contributed by atoms with Crippen molar-refractivity contribution in [2.75, 3.05) is 6.26 Å². The minimum Gasteiger partial charge on any atom is -0.236 e. The zero-order chi connectivity index (χ0) is 15.7. The molecule has 0 N–H and O–H groups in total. The number of nitrogens with zero attached hydrogens (tertiary/aromatic N) is 1. The minimum absolute atomic E-state index is 0.324. The molecule has 0 aliphatic heterocycles. The van der Waals surface area contributed by atoms with Crippen LogP contribution in [-0.2, 0) is 9.84 Å². The molecule has 22 heavy (non-hydrogen) atoms. The highest BCUT2D eigenvalue weighted by Crippen LogP contribution is 2.29. The van der Waals surface area contributed by atoms with E-state index >= 15 is 0 Å². The van der Waals surface area contributed by atoms with Crippen LogP contribution in [0.15, 0.2) is 58.8 Å². The number of aromatic nitrogens is 1. The first-order valence-corrected chi connectivity index (χ1v) is 9.54. The summed E-state index contributed by atoms with van der Waals surface area (Å²) in [6.45, 7) is 2.06. The van der Waals surface area contributed by atoms with Crippen molar-refractivity contribution in [3.63, 3.8) is 0 Å². The lowest BCUT2D eigenvalue weighted by Crippen LogP contribution is -1.96. The smallest absolute Gasteiger partial charge is 0.175 e. The lowest BCUT2D eigenvalue weighted by Gasteiger charge is -2.00. The third-order valence-electron chi connectivity index (χ3n) is 3.35. The van der Waals surface area contributed by atoms with Gasteiger partial charge >= 0.3 is 0 Å². The first-order valence-electron chi connectivity index (χ1n) is 6.76. The van der Waals surface area contributed by atoms with Gasteiger partial charge < -0.3 is 0 Å². The zero-order valence-electron chi connectivity index (χ0n) is 12.3. The second-order valence-corrected chi connectivity index (χ2v) is 8.08. The van der Waals surface area contributed by atoms with Crippen molar-refractivity contribution in [2.45, 2.75) is 11.8 Å². The van der Waals surface area contributed by atoms with Gasteiger partial charge in [-0.1, -0.05) is 35.9 Å². The Bertz CT molecular complexity index is 910. The Morgan fingerprint density at radius 2 is 1.73 bits per heavy atom. The number of rotatable bonds is 3. The second-order valence-electron chi connectivity index (χ2n) is 5.20. The maximum absolute atomic E-state index is 11.5. The zero-order valence-corrected chi connectivity index (χ0v) is 13.9. The van der Waals surface area contributed by atoms with E-state index in [4.69, 9.17) is 0 Å². The molecule has 0 amide bonds. The molecule has 1 aromatic heterocycles. The average Bonchev–Trinajstić information content (AvgIpc) is 2.96. The van der Waals surface area contributed by atoms with E-state index in [1.807, 2.05) is 17.5 Å². The number of hydrogen-bond donors (Lipinski definition) is 0. The van der Waals surface area contributed by atoms with Crippen molar-refractivity contribution in [1.29, 1.82) is 0 Å². The lowest BCUT2D eigenvalue weighted by molar-refractivity contribution is 0.602. The predicted molar refractivity (Wildman–Crippen MR) is 90.8 cm³/mol. The Hall–Kier alpha value is -1.98. The SMILES string of the molecule is Cc1cccc(-c2nc(-c3ccc(S(C)(=O)=O)cc3)cs2)c1. The van der Waals surface area contributed by atoms with Crippen LogP contribution >= 0.6 is 11.3 Å². The molecule has 1 heterocycles. The van der Waals surface area contributed by atoms with Gasteiger partial charge in [-0.15, -0.1) is 11.3 Å². The molecule has 112 valence electrons. The molecule has 0 radical (unpaired) electrons. The normalized spacial score (nSPS) is 11.5. The molecule has 0 atom stereocenters. The summed E-state index contributed by atoms with van der Waals surface area (Å²) in [5.74, 6) is 0. The number of thiazole rings is 1. The van der Waals surface area contributed by atoms with Crippen LogP contribution in [0.4, 0.5) is 0 Å². The van der Waals surface area contributed by atoms with Gasteiger partial charge in [0.15, 0.2) is 9.84 Å². The third-order valence-corrected chi connectivity index (χ3v) is 5.37. The van der Waals surface area contributed by atoms with E-state index < -0.39 is 9.84 Å². The van der Waals surface area contributed by atoms with Gasteiger partial charge in [-0.2, -0.15) is 0 Å². The van der Waals surface area contributed by atoms with E-state index in [2.05, 4.69) is 24.0 Å². The molecule has 0 saturated carbocycles. The van der Waals surface area contributed by atoms with Crippen LogP contribution in [0.25, 0.3) is 21.8 Å². The maximum Gasteiger partial charge on any atom is 0.175 e. The minimum atomic E-state index is -3.16. The van der Waals surface area contributed by atoms with E-state index in [1.165, 1.54) is 11.8 Å². The fraction of sp³-hybridized carbons (Fsp3) is 0.118. The summed E-state index contributed by atoms with van der Waals surface area (Å²) in [5, 5.41) is 2.96. The topological polar surface area (TPSA) is 47.0 Å². The summed E-state index contributed by atoms with van der Waals surface area (Å²) in [7, 11) is -3.16. The van der Waals surface area contributed by atoms with E-state index in [1.54, 1.807) is 35.6 Å². The Morgan fingerprint density at radius 1 is 1.00 bits per heavy atom. The quantitative estimate of drug-likeness (QED) is 0.724. The maximum atomic E-state index is 11.5. The second kappa shape index (κ2) is 5.66. The fourth-order valence-electron chi connectivity index (χ4n) is 2.19. The van der Waals surface area contributed by atoms with Crippen molar-refractivity contribution in [1.82, 2.24) is 4.98 Å². The summed E-state index contributed by atoms with van der Waals surface area (Å²) >= 11 is 1.59. The molecule has 5 heteroatoms. The molecular formula is C17H15NO2S2. The van der Waals surface area contributed by atoms with Gasteiger partial charge in [-0.05, 0) is 25.1 Å². The molecule has 0 aliphatic rings. The molecule has 0 aliphatic carbocycles. The molecule has 3 nitrogen and oxygen atoms in total. The van der Waals surface area contributed by atoms with Crippen LogP contribution in [-0.4, -0.2) is 19.7 Å². The largest absolute Gasteiger partial charge is 0.236 e. The van der Waals surface area contributed by atoms with Gasteiger partial charge in [0.2, 0.25) is 0 Å². The van der Waals surface area contributed by atoms with Crippen LogP contribution in [0, 0.1) is 6.92 Å². The molecule has 0 saturated heterocycles. The molecule has 3 aromatic rings. The first kappa shape index (κ1) is 14.9. The van der Waals surface area contributed by atoms with Crippen molar-refractivity contribution in [3.05, 3.63) is 59.5 Å². The third kappa shape index (κ3) is 3.10. The predicted octanol–water partition coefficient (Wildman–Crippen LogP) is 4.19. The molecule has 0 unspecified atom stereocenters. The first-order chi connectivity index (χ1) is 10.4. The highest BCUT2D eigenvalue weighted by atomic mass is 32.2. The lowest BCUT2D eigenvalue weighted by atomic mass is 10.1. The molecule has 0 fully saturated rings. The van der Waals surface area contributed by atoms with Crippen molar-refractivity contribution >= 4 is 21.2 Å². The summed E-state index contributed by atoms with van der Waals surface area (Å²) in [5.41, 5.74) is 4.08. The highest BCUT2D eigenvalue weighted by molar-refractivity contribution is 7.90. The molecule has 0 bridgehead atoms. The van der Waals surface area contributed by atoms with Gasteiger partial charge in [-0.3, -0.25) is 0 Å². The van der Waals surface area contributed by atoms with Crippen LogP contribution in [0.2, 0.25) is 0 Å². The fourth-order valence-corrected chi connectivity index (χ4v) is 3.65. The standard InChI is InChI=1S/C17H15NO2S2/c1-12-4-3-5-14(10-12)17-18-16(11-21-17)13-6-8-15(9-7-13)22(2,19)20/h3-11H,1-2H3. The Morgan fingerprint density at radius 3 is 2.36 bits per heavy atom. The number of benzene rings is 2. The van der Waals surface area contributed by atoms with Gasteiger partial charge in [0.1, 0.15) is 5.01 Å². The van der Waals surface area contributed by atoms with E-state index in [-0.39, 0.29) is 0 Å². The van der Waals surface area contributed by atoms with E-state index in [0.29, 0.717) is 4.90 Å². The van der Waals surface area contributed by atoms with Crippen molar-refractivity contribution < 1.29 is 8.42 Å².